The fraction of sp³-hybridized carbons (Fsp3) is 0.538. The molecule has 0 aromatic heterocycles. The first-order chi connectivity index (χ1) is 8.94. The van der Waals surface area contributed by atoms with Crippen molar-refractivity contribution in [1.29, 1.82) is 0 Å². The molecule has 1 saturated heterocycles. The number of rotatable bonds is 4. The van der Waals surface area contributed by atoms with E-state index in [0.717, 1.165) is 25.2 Å². The summed E-state index contributed by atoms with van der Waals surface area (Å²) in [6.45, 7) is 1.16. The SMILES string of the molecule is Nc1ccc(N2CCC(CNCC(F)(F)F)C2)cc1. The van der Waals surface area contributed by atoms with Crippen molar-refractivity contribution in [1.82, 2.24) is 5.32 Å². The van der Waals surface area contributed by atoms with Crippen LogP contribution in [0, 0.1) is 5.92 Å². The summed E-state index contributed by atoms with van der Waals surface area (Å²) in [5.41, 5.74) is 7.41. The van der Waals surface area contributed by atoms with Crippen molar-refractivity contribution in [2.45, 2.75) is 12.6 Å². The van der Waals surface area contributed by atoms with E-state index < -0.39 is 12.7 Å². The molecular formula is C13H18F3N3. The largest absolute Gasteiger partial charge is 0.401 e. The molecule has 1 unspecified atom stereocenters. The first kappa shape index (κ1) is 14.0. The molecule has 1 fully saturated rings. The van der Waals surface area contributed by atoms with Crippen molar-refractivity contribution in [3.63, 3.8) is 0 Å². The lowest BCUT2D eigenvalue weighted by atomic mass is 10.1. The predicted molar refractivity (Wildman–Crippen MR) is 70.1 cm³/mol. The van der Waals surface area contributed by atoms with Crippen LogP contribution < -0.4 is 16.0 Å². The number of benzene rings is 1. The van der Waals surface area contributed by atoms with E-state index in [1.807, 2.05) is 24.3 Å². The van der Waals surface area contributed by atoms with Gasteiger partial charge in [-0.15, -0.1) is 0 Å². The Morgan fingerprint density at radius 3 is 2.58 bits per heavy atom. The average Bonchev–Trinajstić information content (AvgIpc) is 2.77. The third-order valence-corrected chi connectivity index (χ3v) is 3.30. The molecule has 1 aromatic rings. The molecule has 3 N–H and O–H groups in total. The van der Waals surface area contributed by atoms with Gasteiger partial charge in [0, 0.05) is 31.0 Å². The van der Waals surface area contributed by atoms with E-state index in [1.54, 1.807) is 0 Å². The van der Waals surface area contributed by atoms with Crippen LogP contribution in [0.1, 0.15) is 6.42 Å². The van der Waals surface area contributed by atoms with E-state index in [9.17, 15) is 13.2 Å². The Morgan fingerprint density at radius 1 is 1.26 bits per heavy atom. The molecule has 0 aliphatic carbocycles. The highest BCUT2D eigenvalue weighted by Crippen LogP contribution is 2.24. The van der Waals surface area contributed by atoms with Gasteiger partial charge in [0.25, 0.3) is 0 Å². The first-order valence-electron chi connectivity index (χ1n) is 6.32. The Labute approximate surface area is 110 Å². The lowest BCUT2D eigenvalue weighted by molar-refractivity contribution is -0.125. The van der Waals surface area contributed by atoms with E-state index in [4.69, 9.17) is 5.73 Å². The standard InChI is InChI=1S/C13H18F3N3/c14-13(15,16)9-18-7-10-5-6-19(8-10)12-3-1-11(17)2-4-12/h1-4,10,18H,5-9,17H2. The van der Waals surface area contributed by atoms with Crippen molar-refractivity contribution in [2.75, 3.05) is 36.8 Å². The smallest absolute Gasteiger partial charge is 0.399 e. The summed E-state index contributed by atoms with van der Waals surface area (Å²) >= 11 is 0. The van der Waals surface area contributed by atoms with Crippen LogP contribution >= 0.6 is 0 Å². The number of nitrogens with one attached hydrogen (secondary N) is 1. The fourth-order valence-electron chi connectivity index (χ4n) is 2.34. The number of nitrogens with zero attached hydrogens (tertiary/aromatic N) is 1. The van der Waals surface area contributed by atoms with Crippen molar-refractivity contribution in [3.05, 3.63) is 24.3 Å². The zero-order valence-corrected chi connectivity index (χ0v) is 10.6. The number of halogens is 3. The lowest BCUT2D eigenvalue weighted by Crippen LogP contribution is -2.33. The number of nitrogens with two attached hydrogens (primary N) is 1. The molecule has 1 aliphatic heterocycles. The van der Waals surface area contributed by atoms with Gasteiger partial charge in [-0.2, -0.15) is 13.2 Å². The van der Waals surface area contributed by atoms with Crippen molar-refractivity contribution in [2.24, 2.45) is 5.92 Å². The molecule has 0 spiro atoms. The molecule has 1 heterocycles. The fourth-order valence-corrected chi connectivity index (χ4v) is 2.34. The van der Waals surface area contributed by atoms with Gasteiger partial charge in [-0.3, -0.25) is 0 Å². The lowest BCUT2D eigenvalue weighted by Gasteiger charge is -2.19. The summed E-state index contributed by atoms with van der Waals surface area (Å²) in [5.74, 6) is 0.264. The van der Waals surface area contributed by atoms with Crippen LogP contribution in [0.2, 0.25) is 0 Å². The maximum atomic E-state index is 12.0. The summed E-state index contributed by atoms with van der Waals surface area (Å²) in [4.78, 5) is 2.18. The molecule has 2 rings (SSSR count). The molecule has 19 heavy (non-hydrogen) atoms. The molecule has 0 radical (unpaired) electrons. The van der Waals surface area contributed by atoms with Crippen LogP contribution in [0.15, 0.2) is 24.3 Å². The summed E-state index contributed by atoms with van der Waals surface area (Å²) in [5, 5.41) is 2.48. The van der Waals surface area contributed by atoms with Crippen LogP contribution in [-0.4, -0.2) is 32.4 Å². The van der Waals surface area contributed by atoms with Crippen LogP contribution in [0.4, 0.5) is 24.5 Å². The van der Waals surface area contributed by atoms with Crippen LogP contribution in [0.5, 0.6) is 0 Å². The molecule has 1 aromatic carbocycles. The molecule has 0 saturated carbocycles. The third kappa shape index (κ3) is 4.31. The molecule has 0 amide bonds. The Hall–Kier alpha value is -1.43. The van der Waals surface area contributed by atoms with Gasteiger partial charge in [0.15, 0.2) is 0 Å². The summed E-state index contributed by atoms with van der Waals surface area (Å²) < 4.78 is 36.1. The minimum absolute atomic E-state index is 0.264. The van der Waals surface area contributed by atoms with E-state index in [0.29, 0.717) is 12.2 Å². The van der Waals surface area contributed by atoms with E-state index in [1.165, 1.54) is 0 Å². The highest BCUT2D eigenvalue weighted by molar-refractivity contribution is 5.53. The van der Waals surface area contributed by atoms with Crippen molar-refractivity contribution < 1.29 is 13.2 Å². The second-order valence-corrected chi connectivity index (χ2v) is 4.94. The van der Waals surface area contributed by atoms with Crippen LogP contribution in [0.25, 0.3) is 0 Å². The number of hydrogen-bond donors (Lipinski definition) is 2. The first-order valence-corrected chi connectivity index (χ1v) is 6.32. The zero-order valence-electron chi connectivity index (χ0n) is 10.6. The van der Waals surface area contributed by atoms with Gasteiger partial charge in [-0.1, -0.05) is 0 Å². The van der Waals surface area contributed by atoms with E-state index in [2.05, 4.69) is 10.2 Å². The maximum absolute atomic E-state index is 12.0. The Bertz CT molecular complexity index is 403. The maximum Gasteiger partial charge on any atom is 0.401 e. The Kier molecular flexibility index (Phi) is 4.19. The number of nitrogen functional groups attached to an aromatic ring is 1. The topological polar surface area (TPSA) is 41.3 Å². The van der Waals surface area contributed by atoms with Gasteiger partial charge in [0.05, 0.1) is 6.54 Å². The summed E-state index contributed by atoms with van der Waals surface area (Å²) in [6, 6.07) is 7.57. The third-order valence-electron chi connectivity index (χ3n) is 3.30. The van der Waals surface area contributed by atoms with Gasteiger partial charge < -0.3 is 16.0 Å². The molecule has 1 atom stereocenters. The van der Waals surface area contributed by atoms with E-state index in [-0.39, 0.29) is 5.92 Å². The molecule has 1 aliphatic rings. The minimum atomic E-state index is -4.13. The number of alkyl halides is 3. The van der Waals surface area contributed by atoms with Gasteiger partial charge in [0.2, 0.25) is 0 Å². The molecule has 3 nitrogen and oxygen atoms in total. The molecule has 0 bridgehead atoms. The zero-order chi connectivity index (χ0) is 13.9. The quantitative estimate of drug-likeness (QED) is 0.827. The molecule has 106 valence electrons. The van der Waals surface area contributed by atoms with E-state index >= 15 is 0 Å². The van der Waals surface area contributed by atoms with Gasteiger partial charge >= 0.3 is 6.18 Å². The predicted octanol–water partition coefficient (Wildman–Crippen LogP) is 2.25. The second-order valence-electron chi connectivity index (χ2n) is 4.94. The Morgan fingerprint density at radius 2 is 1.95 bits per heavy atom. The highest BCUT2D eigenvalue weighted by Gasteiger charge is 2.28. The summed E-state index contributed by atoms with van der Waals surface area (Å²) in [6.07, 6.45) is -3.22. The van der Waals surface area contributed by atoms with Crippen molar-refractivity contribution >= 4 is 11.4 Å². The van der Waals surface area contributed by atoms with Crippen LogP contribution in [-0.2, 0) is 0 Å². The Balaban J connectivity index is 1.78. The highest BCUT2D eigenvalue weighted by atomic mass is 19.4. The second kappa shape index (κ2) is 5.69. The number of hydrogen-bond acceptors (Lipinski definition) is 3. The average molecular weight is 273 g/mol. The normalized spacial score (nSPS) is 19.9. The van der Waals surface area contributed by atoms with Crippen LogP contribution in [0.3, 0.4) is 0 Å². The van der Waals surface area contributed by atoms with Gasteiger partial charge in [-0.25, -0.2) is 0 Å². The minimum Gasteiger partial charge on any atom is -0.399 e. The monoisotopic (exact) mass is 273 g/mol. The molecule has 6 heteroatoms. The molecular weight excluding hydrogens is 255 g/mol. The summed E-state index contributed by atoms with van der Waals surface area (Å²) in [7, 11) is 0. The van der Waals surface area contributed by atoms with Gasteiger partial charge in [-0.05, 0) is 36.6 Å². The van der Waals surface area contributed by atoms with Crippen molar-refractivity contribution in [3.8, 4) is 0 Å². The van der Waals surface area contributed by atoms with Gasteiger partial charge in [0.1, 0.15) is 0 Å². The number of anilines is 2.